The maximum Gasteiger partial charge on any atom is 0.261 e. The number of ketones is 1. The fourth-order valence-corrected chi connectivity index (χ4v) is 4.39. The van der Waals surface area contributed by atoms with Crippen molar-refractivity contribution in [3.63, 3.8) is 0 Å². The summed E-state index contributed by atoms with van der Waals surface area (Å²) >= 11 is 0. The average Bonchev–Trinajstić information content (AvgIpc) is 2.78. The number of sulfonamides is 1. The Balaban J connectivity index is 1.96. The van der Waals surface area contributed by atoms with Crippen LogP contribution in [0, 0.1) is 11.3 Å². The Kier molecular flexibility index (Phi) is 6.14. The van der Waals surface area contributed by atoms with E-state index in [2.05, 4.69) is 4.72 Å². The van der Waals surface area contributed by atoms with Gasteiger partial charge < -0.3 is 9.64 Å². The van der Waals surface area contributed by atoms with Gasteiger partial charge >= 0.3 is 0 Å². The molecule has 0 saturated heterocycles. The number of rotatable bonds is 6. The molecule has 0 unspecified atom stereocenters. The number of fused-ring (bicyclic) bond motifs is 1. The molecule has 0 radical (unpaired) electrons. The third kappa shape index (κ3) is 4.90. The van der Waals surface area contributed by atoms with Crippen LogP contribution in [-0.2, 0) is 14.8 Å². The summed E-state index contributed by atoms with van der Waals surface area (Å²) in [6.45, 7) is 9.85. The first kappa shape index (κ1) is 22.8. The molecule has 0 spiro atoms. The smallest absolute Gasteiger partial charge is 0.261 e. The number of nitrogens with zero attached hydrogens (tertiary/aromatic N) is 1. The predicted octanol–water partition coefficient (Wildman–Crippen LogP) is 4.10. The van der Waals surface area contributed by atoms with Crippen LogP contribution in [0.25, 0.3) is 0 Å². The molecule has 0 fully saturated rings. The third-order valence-electron chi connectivity index (χ3n) is 5.03. The van der Waals surface area contributed by atoms with Gasteiger partial charge in [-0.2, -0.15) is 0 Å². The van der Waals surface area contributed by atoms with Crippen LogP contribution in [0.2, 0.25) is 0 Å². The summed E-state index contributed by atoms with van der Waals surface area (Å²) in [7, 11) is -3.87. The van der Waals surface area contributed by atoms with Crippen LogP contribution in [0.15, 0.2) is 47.4 Å². The van der Waals surface area contributed by atoms with Gasteiger partial charge in [-0.25, -0.2) is 8.42 Å². The minimum Gasteiger partial charge on any atom is -0.490 e. The zero-order valence-electron chi connectivity index (χ0n) is 18.4. The summed E-state index contributed by atoms with van der Waals surface area (Å²) in [6, 6.07) is 10.6. The first-order valence-corrected chi connectivity index (χ1v) is 11.6. The second kappa shape index (κ2) is 8.34. The van der Waals surface area contributed by atoms with E-state index in [1.54, 1.807) is 23.1 Å². The van der Waals surface area contributed by atoms with Crippen LogP contribution in [0.3, 0.4) is 0 Å². The molecule has 0 aromatic heterocycles. The number of Topliss-reactive ketones (excluding diaryl/α,β-unsaturated/α-hetero) is 1. The largest absolute Gasteiger partial charge is 0.490 e. The van der Waals surface area contributed by atoms with Gasteiger partial charge in [0.1, 0.15) is 12.4 Å². The summed E-state index contributed by atoms with van der Waals surface area (Å²) < 4.78 is 34.1. The molecule has 2 aromatic rings. The molecule has 8 heteroatoms. The lowest BCUT2D eigenvalue weighted by molar-refractivity contribution is -0.127. The van der Waals surface area contributed by atoms with Crippen molar-refractivity contribution >= 4 is 33.1 Å². The summed E-state index contributed by atoms with van der Waals surface area (Å²) in [5.74, 6) is 0.541. The predicted molar refractivity (Wildman–Crippen MR) is 120 cm³/mol. The van der Waals surface area contributed by atoms with Crippen LogP contribution in [-0.4, -0.2) is 33.3 Å². The topological polar surface area (TPSA) is 92.8 Å². The number of anilines is 2. The molecule has 31 heavy (non-hydrogen) atoms. The highest BCUT2D eigenvalue weighted by Crippen LogP contribution is 2.39. The molecule has 1 heterocycles. The molecular formula is C23H28N2O5S. The summed E-state index contributed by atoms with van der Waals surface area (Å²) in [5, 5.41) is 0. The highest BCUT2D eigenvalue weighted by Gasteiger charge is 2.38. The molecule has 0 atom stereocenters. The molecule has 0 saturated carbocycles. The van der Waals surface area contributed by atoms with E-state index in [0.29, 0.717) is 29.2 Å². The Morgan fingerprint density at radius 2 is 1.81 bits per heavy atom. The van der Waals surface area contributed by atoms with Crippen LogP contribution >= 0.6 is 0 Å². The van der Waals surface area contributed by atoms with E-state index in [4.69, 9.17) is 4.74 Å². The third-order valence-corrected chi connectivity index (χ3v) is 6.43. The van der Waals surface area contributed by atoms with E-state index in [0.717, 1.165) is 0 Å². The van der Waals surface area contributed by atoms with E-state index in [1.165, 1.54) is 31.2 Å². The quantitative estimate of drug-likeness (QED) is 0.677. The maximum atomic E-state index is 13.1. The van der Waals surface area contributed by atoms with Crippen LogP contribution in [0.4, 0.5) is 11.4 Å². The van der Waals surface area contributed by atoms with Crippen LogP contribution in [0.5, 0.6) is 5.75 Å². The van der Waals surface area contributed by atoms with Gasteiger partial charge in [0.05, 0.1) is 21.7 Å². The zero-order valence-corrected chi connectivity index (χ0v) is 19.2. The lowest BCUT2D eigenvalue weighted by Gasteiger charge is -2.29. The lowest BCUT2D eigenvalue weighted by Crippen LogP contribution is -2.43. The van der Waals surface area contributed by atoms with Gasteiger partial charge in [0.25, 0.3) is 10.0 Å². The van der Waals surface area contributed by atoms with Gasteiger partial charge in [-0.1, -0.05) is 26.0 Å². The number of hydrogen-bond acceptors (Lipinski definition) is 5. The first-order chi connectivity index (χ1) is 14.4. The van der Waals surface area contributed by atoms with Crippen LogP contribution < -0.4 is 14.4 Å². The Bertz CT molecular complexity index is 1110. The standard InChI is InChI=1S/C23H28N2O5S/c1-15(2)13-25-20-12-18(8-11-21(20)30-14-23(4,5)22(25)27)24-31(28,29)19-9-6-17(7-10-19)16(3)26/h6-12,15,24H,13-14H2,1-5H3. The van der Waals surface area contributed by atoms with Gasteiger partial charge in [0.15, 0.2) is 5.78 Å². The molecule has 1 N–H and O–H groups in total. The maximum absolute atomic E-state index is 13.1. The second-order valence-corrected chi connectivity index (χ2v) is 10.5. The molecule has 2 aromatic carbocycles. The minimum atomic E-state index is -3.87. The molecule has 1 aliphatic rings. The molecular weight excluding hydrogens is 416 g/mol. The molecule has 7 nitrogen and oxygen atoms in total. The van der Waals surface area contributed by atoms with E-state index in [1.807, 2.05) is 27.7 Å². The number of carbonyl (C=O) groups excluding carboxylic acids is 2. The first-order valence-electron chi connectivity index (χ1n) is 10.1. The average molecular weight is 445 g/mol. The van der Waals surface area contributed by atoms with Gasteiger partial charge in [-0.3, -0.25) is 14.3 Å². The molecule has 0 bridgehead atoms. The monoisotopic (exact) mass is 444 g/mol. The Hall–Kier alpha value is -2.87. The van der Waals surface area contributed by atoms with Gasteiger partial charge in [0.2, 0.25) is 5.91 Å². The van der Waals surface area contributed by atoms with E-state index >= 15 is 0 Å². The number of benzene rings is 2. The van der Waals surface area contributed by atoms with Crippen molar-refractivity contribution < 1.29 is 22.7 Å². The minimum absolute atomic E-state index is 0.0416. The summed E-state index contributed by atoms with van der Waals surface area (Å²) in [5.41, 5.74) is 0.591. The summed E-state index contributed by atoms with van der Waals surface area (Å²) in [4.78, 5) is 26.3. The Morgan fingerprint density at radius 1 is 1.16 bits per heavy atom. The van der Waals surface area contributed by atoms with E-state index in [9.17, 15) is 18.0 Å². The highest BCUT2D eigenvalue weighted by atomic mass is 32.2. The molecule has 1 amide bonds. The zero-order chi connectivity index (χ0) is 23.0. The normalized spacial score (nSPS) is 15.8. The van der Waals surface area contributed by atoms with Crippen molar-refractivity contribution in [1.29, 1.82) is 0 Å². The number of amides is 1. The second-order valence-electron chi connectivity index (χ2n) is 8.85. The van der Waals surface area contributed by atoms with Crippen molar-refractivity contribution in [1.82, 2.24) is 0 Å². The van der Waals surface area contributed by atoms with Gasteiger partial charge in [0, 0.05) is 12.1 Å². The summed E-state index contributed by atoms with van der Waals surface area (Å²) in [6.07, 6.45) is 0. The van der Waals surface area contributed by atoms with Crippen molar-refractivity contribution in [3.05, 3.63) is 48.0 Å². The van der Waals surface area contributed by atoms with Crippen molar-refractivity contribution in [2.75, 3.05) is 22.8 Å². The fourth-order valence-electron chi connectivity index (χ4n) is 3.34. The molecule has 166 valence electrons. The Morgan fingerprint density at radius 3 is 2.39 bits per heavy atom. The lowest BCUT2D eigenvalue weighted by atomic mass is 9.92. The number of ether oxygens (including phenoxy) is 1. The fraction of sp³-hybridized carbons (Fsp3) is 0.391. The van der Waals surface area contributed by atoms with Crippen LogP contribution in [0.1, 0.15) is 45.0 Å². The van der Waals surface area contributed by atoms with Crippen molar-refractivity contribution in [2.45, 2.75) is 39.5 Å². The van der Waals surface area contributed by atoms with Crippen molar-refractivity contribution in [3.8, 4) is 5.75 Å². The SMILES string of the molecule is CC(=O)c1ccc(S(=O)(=O)Nc2ccc3c(c2)N(CC(C)C)C(=O)C(C)(C)CO3)cc1. The number of hydrogen-bond donors (Lipinski definition) is 1. The Labute approximate surface area is 183 Å². The molecule has 3 rings (SSSR count). The highest BCUT2D eigenvalue weighted by molar-refractivity contribution is 7.92. The molecule has 0 aliphatic carbocycles. The van der Waals surface area contributed by atoms with E-state index < -0.39 is 15.4 Å². The number of carbonyl (C=O) groups is 2. The van der Waals surface area contributed by atoms with Gasteiger partial charge in [-0.15, -0.1) is 0 Å². The molecule has 1 aliphatic heterocycles. The van der Waals surface area contributed by atoms with Crippen molar-refractivity contribution in [2.24, 2.45) is 11.3 Å². The van der Waals surface area contributed by atoms with Gasteiger partial charge in [-0.05, 0) is 57.0 Å². The number of nitrogens with one attached hydrogen (secondary N) is 1. The van der Waals surface area contributed by atoms with E-state index in [-0.39, 0.29) is 29.1 Å².